The molecule has 2 aliphatic rings. The van der Waals surface area contributed by atoms with E-state index in [4.69, 9.17) is 9.72 Å². The third kappa shape index (κ3) is 4.43. The van der Waals surface area contributed by atoms with Gasteiger partial charge in [0.2, 0.25) is 0 Å². The van der Waals surface area contributed by atoms with Gasteiger partial charge in [0.1, 0.15) is 5.82 Å². The van der Waals surface area contributed by atoms with Gasteiger partial charge in [-0.25, -0.2) is 15.0 Å². The van der Waals surface area contributed by atoms with Crippen molar-refractivity contribution in [3.63, 3.8) is 0 Å². The molecule has 40 heavy (non-hydrogen) atoms. The Morgan fingerprint density at radius 3 is 2.70 bits per heavy atom. The van der Waals surface area contributed by atoms with Crippen molar-refractivity contribution in [2.24, 2.45) is 0 Å². The number of nitrogens with zero attached hydrogens (tertiary/aromatic N) is 5. The Morgan fingerprint density at radius 2 is 1.93 bits per heavy atom. The second-order valence-electron chi connectivity index (χ2n) is 10.8. The first-order chi connectivity index (χ1) is 19.5. The smallest absolute Gasteiger partial charge is 0.251 e. The van der Waals surface area contributed by atoms with E-state index in [-0.39, 0.29) is 11.9 Å². The first-order valence-electron chi connectivity index (χ1n) is 13.9. The van der Waals surface area contributed by atoms with Gasteiger partial charge in [0.15, 0.2) is 5.65 Å². The Bertz CT molecular complexity index is 1700. The van der Waals surface area contributed by atoms with Gasteiger partial charge in [0, 0.05) is 52.9 Å². The van der Waals surface area contributed by atoms with E-state index in [0.29, 0.717) is 11.6 Å². The highest BCUT2D eigenvalue weighted by molar-refractivity contribution is 6.06. The lowest BCUT2D eigenvalue weighted by atomic mass is 9.82. The Kier molecular flexibility index (Phi) is 6.28. The maximum atomic E-state index is 13.0. The van der Waals surface area contributed by atoms with Gasteiger partial charge in [-0.2, -0.15) is 5.10 Å². The molecule has 1 aliphatic carbocycles. The molecule has 1 amide bonds. The molecule has 7 rings (SSSR count). The van der Waals surface area contributed by atoms with Crippen LogP contribution >= 0.6 is 0 Å². The molecule has 10 heteroatoms. The zero-order valence-corrected chi connectivity index (χ0v) is 22.7. The van der Waals surface area contributed by atoms with E-state index in [0.717, 1.165) is 90.3 Å². The lowest BCUT2D eigenvalue weighted by molar-refractivity contribution is 0.0138. The number of aryl methyl sites for hydroxylation is 2. The summed E-state index contributed by atoms with van der Waals surface area (Å²) in [6, 6.07) is 8.00. The van der Waals surface area contributed by atoms with Gasteiger partial charge in [0.05, 0.1) is 42.9 Å². The predicted molar refractivity (Wildman–Crippen MR) is 152 cm³/mol. The Morgan fingerprint density at radius 1 is 1.10 bits per heavy atom. The van der Waals surface area contributed by atoms with Crippen LogP contribution in [0.3, 0.4) is 0 Å². The standard InChI is InChI=1S/C30H32N8O2/c1-17-14-31-28(34-17)18(2)35-30(39)20-5-3-19(4-6-20)27-23-13-21(38-9-11-40-12-10-38)7-8-22(23)26-24-15-33-37-29(24)32-16-25(26)36-27/h3-6,14-16,18,21H,7-13H2,1-2H3,(H,31,34)(H,35,39)(H,32,33,37). The Balaban J connectivity index is 1.24. The molecule has 5 aromatic rings. The second kappa shape index (κ2) is 10.1. The number of pyridine rings is 2. The minimum Gasteiger partial charge on any atom is -0.379 e. The minimum atomic E-state index is -0.223. The SMILES string of the molecule is Cc1cnc(C(C)NC(=O)c2ccc(-c3nc4cnc5[nH]ncc5c4c4c3CC(N3CCOCC3)CC4)cc2)[nH]1. The number of carbonyl (C=O) groups is 1. The van der Waals surface area contributed by atoms with Gasteiger partial charge >= 0.3 is 0 Å². The molecule has 10 nitrogen and oxygen atoms in total. The van der Waals surface area contributed by atoms with Crippen molar-refractivity contribution < 1.29 is 9.53 Å². The van der Waals surface area contributed by atoms with Crippen LogP contribution in [0.15, 0.2) is 42.9 Å². The predicted octanol–water partition coefficient (Wildman–Crippen LogP) is 3.89. The fourth-order valence-corrected chi connectivity index (χ4v) is 6.19. The molecule has 4 aromatic heterocycles. The first kappa shape index (κ1) is 24.9. The molecule has 3 N–H and O–H groups in total. The molecule has 1 saturated heterocycles. The lowest BCUT2D eigenvalue weighted by Gasteiger charge is -2.38. The van der Waals surface area contributed by atoms with Gasteiger partial charge in [-0.05, 0) is 56.4 Å². The van der Waals surface area contributed by atoms with Crippen LogP contribution in [0.5, 0.6) is 0 Å². The van der Waals surface area contributed by atoms with E-state index in [2.05, 4.69) is 35.4 Å². The van der Waals surface area contributed by atoms with Crippen LogP contribution in [-0.2, 0) is 17.6 Å². The molecule has 1 aromatic carbocycles. The molecule has 2 atom stereocenters. The maximum absolute atomic E-state index is 13.0. The molecule has 204 valence electrons. The normalized spacial score (nSPS) is 18.6. The van der Waals surface area contributed by atoms with Crippen molar-refractivity contribution in [2.45, 2.75) is 45.2 Å². The molecule has 0 radical (unpaired) electrons. The third-order valence-corrected chi connectivity index (χ3v) is 8.27. The number of fused-ring (bicyclic) bond motifs is 5. The fraction of sp³-hybridized carbons (Fsp3) is 0.367. The van der Waals surface area contributed by atoms with Crippen LogP contribution < -0.4 is 5.32 Å². The molecule has 0 saturated carbocycles. The summed E-state index contributed by atoms with van der Waals surface area (Å²) in [5.74, 6) is 0.602. The van der Waals surface area contributed by atoms with Gasteiger partial charge in [-0.3, -0.25) is 14.8 Å². The van der Waals surface area contributed by atoms with Crippen molar-refractivity contribution in [3.8, 4) is 11.3 Å². The number of imidazole rings is 1. The van der Waals surface area contributed by atoms with Crippen LogP contribution in [0, 0.1) is 6.92 Å². The number of nitrogens with one attached hydrogen (secondary N) is 3. The molecule has 5 heterocycles. The zero-order chi connectivity index (χ0) is 27.2. The maximum Gasteiger partial charge on any atom is 0.251 e. The summed E-state index contributed by atoms with van der Waals surface area (Å²) in [5.41, 5.74) is 7.81. The average molecular weight is 537 g/mol. The van der Waals surface area contributed by atoms with E-state index in [9.17, 15) is 4.79 Å². The summed E-state index contributed by atoms with van der Waals surface area (Å²) in [5, 5.41) is 12.5. The average Bonchev–Trinajstić information content (AvgIpc) is 3.66. The highest BCUT2D eigenvalue weighted by atomic mass is 16.5. The highest BCUT2D eigenvalue weighted by Crippen LogP contribution is 2.38. The number of aromatic nitrogens is 6. The Hall–Kier alpha value is -4.15. The van der Waals surface area contributed by atoms with Gasteiger partial charge < -0.3 is 15.0 Å². The van der Waals surface area contributed by atoms with Crippen LogP contribution in [0.1, 0.15) is 52.4 Å². The number of benzene rings is 1. The van der Waals surface area contributed by atoms with Gasteiger partial charge in [0.25, 0.3) is 5.91 Å². The molecule has 2 unspecified atom stereocenters. The van der Waals surface area contributed by atoms with Crippen molar-refractivity contribution in [1.29, 1.82) is 0 Å². The number of carbonyl (C=O) groups excluding carboxylic acids is 1. The van der Waals surface area contributed by atoms with Crippen LogP contribution in [0.2, 0.25) is 0 Å². The number of H-pyrrole nitrogens is 2. The van der Waals surface area contributed by atoms with E-state index in [1.54, 1.807) is 6.20 Å². The zero-order valence-electron chi connectivity index (χ0n) is 22.7. The molecule has 0 spiro atoms. The molecule has 0 bridgehead atoms. The van der Waals surface area contributed by atoms with Crippen LogP contribution in [0.4, 0.5) is 0 Å². The summed E-state index contributed by atoms with van der Waals surface area (Å²) in [6.07, 6.45) is 8.46. The van der Waals surface area contributed by atoms with E-state index in [1.165, 1.54) is 11.1 Å². The summed E-state index contributed by atoms with van der Waals surface area (Å²) < 4.78 is 5.62. The number of ether oxygens (including phenoxy) is 1. The molecular formula is C30H32N8O2. The number of hydrogen-bond donors (Lipinski definition) is 3. The number of morpholine rings is 1. The molecular weight excluding hydrogens is 504 g/mol. The van der Waals surface area contributed by atoms with Crippen LogP contribution in [0.25, 0.3) is 33.2 Å². The summed E-state index contributed by atoms with van der Waals surface area (Å²) in [7, 11) is 0. The molecule has 1 aliphatic heterocycles. The first-order valence-corrected chi connectivity index (χ1v) is 13.9. The second-order valence-corrected chi connectivity index (χ2v) is 10.8. The van der Waals surface area contributed by atoms with Crippen molar-refractivity contribution in [3.05, 3.63) is 71.1 Å². The topological polar surface area (TPSA) is 125 Å². The highest BCUT2D eigenvalue weighted by Gasteiger charge is 2.30. The number of hydrogen-bond acceptors (Lipinski definition) is 7. The Labute approximate surface area is 231 Å². The number of amides is 1. The fourth-order valence-electron chi connectivity index (χ4n) is 6.19. The largest absolute Gasteiger partial charge is 0.379 e. The summed E-state index contributed by atoms with van der Waals surface area (Å²) in [6.45, 7) is 7.37. The van der Waals surface area contributed by atoms with E-state index < -0.39 is 0 Å². The van der Waals surface area contributed by atoms with Gasteiger partial charge in [-0.15, -0.1) is 0 Å². The number of rotatable bonds is 5. The summed E-state index contributed by atoms with van der Waals surface area (Å²) in [4.78, 5) is 32.8. The van der Waals surface area contributed by atoms with Crippen molar-refractivity contribution in [1.82, 2.24) is 40.3 Å². The van der Waals surface area contributed by atoms with E-state index in [1.807, 2.05) is 50.5 Å². The van der Waals surface area contributed by atoms with Crippen molar-refractivity contribution >= 4 is 27.8 Å². The quantitative estimate of drug-likeness (QED) is 0.311. The molecule has 1 fully saturated rings. The van der Waals surface area contributed by atoms with Crippen LogP contribution in [-0.4, -0.2) is 73.3 Å². The monoisotopic (exact) mass is 536 g/mol. The minimum absolute atomic E-state index is 0.138. The summed E-state index contributed by atoms with van der Waals surface area (Å²) >= 11 is 0. The van der Waals surface area contributed by atoms with Crippen molar-refractivity contribution in [2.75, 3.05) is 26.3 Å². The van der Waals surface area contributed by atoms with E-state index >= 15 is 0 Å². The third-order valence-electron chi connectivity index (χ3n) is 8.27. The van der Waals surface area contributed by atoms with Gasteiger partial charge in [-0.1, -0.05) is 12.1 Å². The number of aromatic amines is 2. The lowest BCUT2D eigenvalue weighted by Crippen LogP contribution is -2.46.